The number of ether oxygens (including phenoxy) is 1. The Morgan fingerprint density at radius 2 is 1.47 bits per heavy atom. The van der Waals surface area contributed by atoms with E-state index in [1.54, 1.807) is 18.2 Å². The van der Waals surface area contributed by atoms with Crippen LogP contribution in [0.3, 0.4) is 0 Å². The number of amides is 1. The average molecular weight is 749 g/mol. The Morgan fingerprint density at radius 3 is 2.02 bits per heavy atom. The first-order valence-electron chi connectivity index (χ1n) is 14.7. The van der Waals surface area contributed by atoms with Gasteiger partial charge in [0.15, 0.2) is 6.04 Å². The van der Waals surface area contributed by atoms with Crippen molar-refractivity contribution in [2.75, 3.05) is 0 Å². The summed E-state index contributed by atoms with van der Waals surface area (Å²) in [5, 5.41) is 8.49. The van der Waals surface area contributed by atoms with Crippen LogP contribution in [0, 0.1) is 0 Å². The lowest BCUT2D eigenvalue weighted by molar-refractivity contribution is -0.192. The van der Waals surface area contributed by atoms with Crippen molar-refractivity contribution in [3.63, 3.8) is 0 Å². The lowest BCUT2D eigenvalue weighted by atomic mass is 9.95. The molecule has 16 heteroatoms. The van der Waals surface area contributed by atoms with Gasteiger partial charge in [-0.25, -0.2) is 13.2 Å². The maximum atomic E-state index is 16.1. The number of rotatable bonds is 8. The molecule has 3 atom stereocenters. The number of hydrogen-bond donors (Lipinski definition) is 3. The zero-order valence-corrected chi connectivity index (χ0v) is 27.0. The second-order valence-electron chi connectivity index (χ2n) is 11.8. The Morgan fingerprint density at radius 1 is 0.915 bits per heavy atom. The van der Waals surface area contributed by atoms with Crippen molar-refractivity contribution in [1.82, 2.24) is 9.62 Å². The molecule has 3 unspecified atom stereocenters. The Bertz CT molecular complexity index is 1740. The van der Waals surface area contributed by atoms with Gasteiger partial charge in [0.1, 0.15) is 5.75 Å². The molecule has 47 heavy (non-hydrogen) atoms. The normalized spacial score (nSPS) is 21.9. The first-order valence-corrected chi connectivity index (χ1v) is 17.0. The van der Waals surface area contributed by atoms with Gasteiger partial charge in [-0.05, 0) is 85.7 Å². The minimum absolute atomic E-state index is 0.114. The molecule has 9 nitrogen and oxygen atoms in total. The van der Waals surface area contributed by atoms with Crippen molar-refractivity contribution in [2.45, 2.75) is 85.8 Å². The fourth-order valence-corrected chi connectivity index (χ4v) is 7.38. The number of halogens is 6. The number of sulfonamides is 1. The number of nitrogens with two attached hydrogens (primary N) is 1. The van der Waals surface area contributed by atoms with Gasteiger partial charge in [0, 0.05) is 28.2 Å². The van der Waals surface area contributed by atoms with E-state index >= 15 is 8.78 Å². The topological polar surface area (TPSA) is 139 Å². The molecule has 0 aromatic heterocycles. The van der Waals surface area contributed by atoms with Crippen LogP contribution in [0.1, 0.15) is 44.1 Å². The zero-order valence-electron chi connectivity index (χ0n) is 24.6. The van der Waals surface area contributed by atoms with E-state index in [1.807, 2.05) is 6.07 Å². The SMILES string of the molecule is NC1CC2CCC(C1)N2C(=O)C(NS(=O)(=O)c1ccc2cc(OC3CC3)ccc2c1)C(F)(F)c1ccc(Br)cc1.O=C(O)C(F)(F)F. The summed E-state index contributed by atoms with van der Waals surface area (Å²) in [6.07, 6.45) is -0.524. The third-order valence-corrected chi connectivity index (χ3v) is 10.2. The summed E-state index contributed by atoms with van der Waals surface area (Å²) in [6.45, 7) is 0. The molecule has 2 bridgehead atoms. The molecule has 2 saturated heterocycles. The molecule has 1 aliphatic carbocycles. The highest BCUT2D eigenvalue weighted by Gasteiger charge is 2.53. The summed E-state index contributed by atoms with van der Waals surface area (Å²) in [6, 6.07) is 11.9. The van der Waals surface area contributed by atoms with E-state index in [4.69, 9.17) is 20.4 Å². The predicted octanol–water partition coefficient (Wildman–Crippen LogP) is 5.70. The van der Waals surface area contributed by atoms with Crippen molar-refractivity contribution in [3.8, 4) is 5.75 Å². The number of carbonyl (C=O) groups is 2. The summed E-state index contributed by atoms with van der Waals surface area (Å²) in [4.78, 5) is 24.0. The number of carboxylic acids is 1. The number of carboxylic acid groups (broad SMARTS) is 1. The van der Waals surface area contributed by atoms with E-state index in [1.165, 1.54) is 41.3 Å². The number of nitrogens with zero attached hydrogens (tertiary/aromatic N) is 1. The standard InChI is InChI=1S/C29H30BrF2N3O4S.C2HF3O2/c30-20-5-3-19(4-6-20)29(31,32)27(28(36)35-22-7-8-23(35)16-21(33)15-22)34-40(37,38)26-12-2-17-13-25(39-24-10-11-24)9-1-18(17)14-26;3-2(4,5)1(6)7/h1-6,9,12-14,21-24,27,34H,7-8,10-11,15-16,33H2;(H,6,7). The van der Waals surface area contributed by atoms with Crippen LogP contribution in [0.25, 0.3) is 10.8 Å². The smallest absolute Gasteiger partial charge is 0.490 e. The van der Waals surface area contributed by atoms with Crippen LogP contribution in [0.5, 0.6) is 5.75 Å². The lowest BCUT2D eigenvalue weighted by Gasteiger charge is -2.41. The molecule has 1 saturated carbocycles. The maximum Gasteiger partial charge on any atom is 0.490 e. The first kappa shape index (κ1) is 35.0. The van der Waals surface area contributed by atoms with Gasteiger partial charge in [0.05, 0.1) is 11.0 Å². The zero-order chi connectivity index (χ0) is 34.3. The molecule has 3 aliphatic rings. The van der Waals surface area contributed by atoms with Gasteiger partial charge in [-0.2, -0.15) is 26.7 Å². The van der Waals surface area contributed by atoms with E-state index < -0.39 is 45.6 Å². The molecule has 3 fully saturated rings. The van der Waals surface area contributed by atoms with Gasteiger partial charge >= 0.3 is 12.1 Å². The molecule has 0 spiro atoms. The van der Waals surface area contributed by atoms with Crippen LogP contribution in [0.2, 0.25) is 0 Å². The Kier molecular flexibility index (Phi) is 9.89. The maximum absolute atomic E-state index is 16.1. The highest BCUT2D eigenvalue weighted by atomic mass is 79.9. The summed E-state index contributed by atoms with van der Waals surface area (Å²) < 4.78 is 99.7. The number of fused-ring (bicyclic) bond motifs is 3. The van der Waals surface area contributed by atoms with E-state index in [-0.39, 0.29) is 29.1 Å². The molecule has 3 aromatic rings. The van der Waals surface area contributed by atoms with Crippen molar-refractivity contribution in [1.29, 1.82) is 0 Å². The minimum atomic E-state index is -5.08. The second-order valence-corrected chi connectivity index (χ2v) is 14.5. The third-order valence-electron chi connectivity index (χ3n) is 8.30. The summed E-state index contributed by atoms with van der Waals surface area (Å²) in [7, 11) is -4.52. The van der Waals surface area contributed by atoms with Crippen molar-refractivity contribution in [2.24, 2.45) is 5.73 Å². The molecular weight excluding hydrogens is 717 g/mol. The fourth-order valence-electron chi connectivity index (χ4n) is 5.89. The Balaban J connectivity index is 0.000000559. The fraction of sp³-hybridized carbons (Fsp3) is 0.419. The van der Waals surface area contributed by atoms with Crippen LogP contribution in [0.4, 0.5) is 22.0 Å². The molecule has 3 aromatic carbocycles. The molecule has 2 heterocycles. The van der Waals surface area contributed by atoms with E-state index in [0.717, 1.165) is 18.2 Å². The number of piperidine rings is 1. The molecule has 6 rings (SSSR count). The lowest BCUT2D eigenvalue weighted by Crippen LogP contribution is -2.60. The quantitative estimate of drug-likeness (QED) is 0.252. The predicted molar refractivity (Wildman–Crippen MR) is 164 cm³/mol. The number of hydrogen-bond acceptors (Lipinski definition) is 6. The summed E-state index contributed by atoms with van der Waals surface area (Å²) >= 11 is 3.24. The highest BCUT2D eigenvalue weighted by molar-refractivity contribution is 9.10. The van der Waals surface area contributed by atoms with Gasteiger partial charge in [-0.3, -0.25) is 4.79 Å². The van der Waals surface area contributed by atoms with Crippen molar-refractivity contribution in [3.05, 3.63) is 70.7 Å². The van der Waals surface area contributed by atoms with Crippen LogP contribution in [0.15, 0.2) is 70.0 Å². The molecule has 0 radical (unpaired) electrons. The van der Waals surface area contributed by atoms with E-state index in [0.29, 0.717) is 41.3 Å². The van der Waals surface area contributed by atoms with Gasteiger partial charge in [-0.1, -0.05) is 40.2 Å². The van der Waals surface area contributed by atoms with Gasteiger partial charge < -0.3 is 20.5 Å². The number of aliphatic carboxylic acids is 1. The monoisotopic (exact) mass is 747 g/mol. The van der Waals surface area contributed by atoms with E-state index in [2.05, 4.69) is 20.7 Å². The van der Waals surface area contributed by atoms with Crippen molar-refractivity contribution < 1.29 is 49.8 Å². The Labute approximate surface area is 275 Å². The largest absolute Gasteiger partial charge is 0.490 e. The molecule has 254 valence electrons. The average Bonchev–Trinajstić information content (AvgIpc) is 3.77. The number of alkyl halides is 5. The van der Waals surface area contributed by atoms with Crippen LogP contribution >= 0.6 is 15.9 Å². The van der Waals surface area contributed by atoms with Crippen LogP contribution < -0.4 is 15.2 Å². The number of carbonyl (C=O) groups excluding carboxylic acids is 1. The van der Waals surface area contributed by atoms with E-state index in [9.17, 15) is 26.4 Å². The molecule has 4 N–H and O–H groups in total. The molecule has 1 amide bonds. The minimum Gasteiger partial charge on any atom is -0.490 e. The second kappa shape index (κ2) is 13.3. The third kappa shape index (κ3) is 8.04. The first-order chi connectivity index (χ1) is 22.0. The highest BCUT2D eigenvalue weighted by Crippen LogP contribution is 2.40. The van der Waals surface area contributed by atoms with Gasteiger partial charge in [0.2, 0.25) is 15.9 Å². The molecular formula is C31H31BrF5N3O6S. The summed E-state index contributed by atoms with van der Waals surface area (Å²) in [5.41, 5.74) is 5.68. The van der Waals surface area contributed by atoms with Crippen molar-refractivity contribution >= 4 is 48.6 Å². The number of nitrogens with one attached hydrogen (secondary N) is 1. The summed E-state index contributed by atoms with van der Waals surface area (Å²) in [5.74, 6) is -6.82. The molecule has 2 aliphatic heterocycles. The van der Waals surface area contributed by atoms with Gasteiger partial charge in [0.25, 0.3) is 5.92 Å². The number of benzene rings is 3. The van der Waals surface area contributed by atoms with Gasteiger partial charge in [-0.15, -0.1) is 0 Å². The van der Waals surface area contributed by atoms with Crippen LogP contribution in [-0.4, -0.2) is 66.7 Å². The Hall–Kier alpha value is -3.34. The van der Waals surface area contributed by atoms with Crippen LogP contribution in [-0.2, 0) is 25.5 Å².